The first-order valence-corrected chi connectivity index (χ1v) is 8.20. The van der Waals surface area contributed by atoms with Gasteiger partial charge in [-0.05, 0) is 44.1 Å². The average Bonchev–Trinajstić information content (AvgIpc) is 2.38. The summed E-state index contributed by atoms with van der Waals surface area (Å²) in [5, 5.41) is 2.98. The quantitative estimate of drug-likeness (QED) is 0.855. The van der Waals surface area contributed by atoms with E-state index in [4.69, 9.17) is 0 Å². The van der Waals surface area contributed by atoms with Gasteiger partial charge in [-0.2, -0.15) is 0 Å². The van der Waals surface area contributed by atoms with Crippen LogP contribution < -0.4 is 5.32 Å². The molecule has 0 spiro atoms. The zero-order valence-electron chi connectivity index (χ0n) is 10.8. The third kappa shape index (κ3) is 4.89. The van der Waals surface area contributed by atoms with Gasteiger partial charge in [0.2, 0.25) is 0 Å². The normalized spacial score (nSPS) is 16.3. The lowest BCUT2D eigenvalue weighted by atomic mass is 10.1. The Morgan fingerprint density at radius 2 is 1.74 bits per heavy atom. The summed E-state index contributed by atoms with van der Waals surface area (Å²) in [5.74, 6) is -0.0148. The van der Waals surface area contributed by atoms with Crippen LogP contribution >= 0.6 is 31.9 Å². The number of halogens is 2. The summed E-state index contributed by atoms with van der Waals surface area (Å²) in [6.45, 7) is 3.99. The molecule has 5 heteroatoms. The van der Waals surface area contributed by atoms with E-state index in [2.05, 4.69) is 42.1 Å². The fourth-order valence-corrected chi connectivity index (χ4v) is 3.59. The summed E-state index contributed by atoms with van der Waals surface area (Å²) in [6.07, 6.45) is 3.91. The highest BCUT2D eigenvalue weighted by atomic mass is 79.9. The Morgan fingerprint density at radius 1 is 1.11 bits per heavy atom. The van der Waals surface area contributed by atoms with Gasteiger partial charge in [-0.1, -0.05) is 38.3 Å². The lowest BCUT2D eigenvalue weighted by Gasteiger charge is -2.26. The van der Waals surface area contributed by atoms with Gasteiger partial charge in [-0.15, -0.1) is 0 Å². The molecule has 1 aromatic carbocycles. The molecule has 0 aliphatic carbocycles. The SMILES string of the molecule is O=C(NCCN1CCCCC1)c1cc(Br)cc(Br)c1. The maximum atomic E-state index is 12.0. The van der Waals surface area contributed by atoms with Crippen molar-refractivity contribution >= 4 is 37.8 Å². The van der Waals surface area contributed by atoms with Crippen molar-refractivity contribution in [3.63, 3.8) is 0 Å². The number of carbonyl (C=O) groups excluding carboxylic acids is 1. The van der Waals surface area contributed by atoms with E-state index >= 15 is 0 Å². The number of nitrogens with one attached hydrogen (secondary N) is 1. The smallest absolute Gasteiger partial charge is 0.251 e. The number of carbonyl (C=O) groups is 1. The highest BCUT2D eigenvalue weighted by Gasteiger charge is 2.11. The molecule has 0 unspecified atom stereocenters. The van der Waals surface area contributed by atoms with Crippen molar-refractivity contribution in [3.05, 3.63) is 32.7 Å². The second-order valence-electron chi connectivity index (χ2n) is 4.82. The lowest BCUT2D eigenvalue weighted by molar-refractivity contribution is 0.0946. The van der Waals surface area contributed by atoms with Crippen LogP contribution in [-0.2, 0) is 0 Å². The summed E-state index contributed by atoms with van der Waals surface area (Å²) >= 11 is 6.79. The molecule has 1 N–H and O–H groups in total. The van der Waals surface area contributed by atoms with Crippen LogP contribution in [0.4, 0.5) is 0 Å². The van der Waals surface area contributed by atoms with Crippen molar-refractivity contribution < 1.29 is 4.79 Å². The molecule has 104 valence electrons. The van der Waals surface area contributed by atoms with Gasteiger partial charge in [0.15, 0.2) is 0 Å². The first-order chi connectivity index (χ1) is 9.15. The molecule has 1 heterocycles. The molecular weight excluding hydrogens is 372 g/mol. The zero-order valence-corrected chi connectivity index (χ0v) is 14.0. The van der Waals surface area contributed by atoms with E-state index < -0.39 is 0 Å². The van der Waals surface area contributed by atoms with Crippen LogP contribution in [0.2, 0.25) is 0 Å². The largest absolute Gasteiger partial charge is 0.351 e. The van der Waals surface area contributed by atoms with Crippen molar-refractivity contribution in [1.82, 2.24) is 10.2 Å². The van der Waals surface area contributed by atoms with Crippen LogP contribution in [0.1, 0.15) is 29.6 Å². The molecule has 1 fully saturated rings. The van der Waals surface area contributed by atoms with Crippen LogP contribution in [-0.4, -0.2) is 37.0 Å². The summed E-state index contributed by atoms with van der Waals surface area (Å²) in [6, 6.07) is 5.59. The predicted octanol–water partition coefficient (Wildman–Crippen LogP) is 3.43. The van der Waals surface area contributed by atoms with Crippen LogP contribution in [0, 0.1) is 0 Å². The molecule has 0 aromatic heterocycles. The molecule has 0 atom stereocenters. The number of rotatable bonds is 4. The van der Waals surface area contributed by atoms with Crippen molar-refractivity contribution in [2.24, 2.45) is 0 Å². The molecule has 0 saturated carbocycles. The molecular formula is C14H18Br2N2O. The molecule has 1 amide bonds. The zero-order chi connectivity index (χ0) is 13.7. The third-order valence-corrected chi connectivity index (χ3v) is 4.20. The molecule has 3 nitrogen and oxygen atoms in total. The second kappa shape index (κ2) is 7.41. The average molecular weight is 390 g/mol. The summed E-state index contributed by atoms with van der Waals surface area (Å²) in [7, 11) is 0. The fourth-order valence-electron chi connectivity index (χ4n) is 2.30. The molecule has 19 heavy (non-hydrogen) atoms. The van der Waals surface area contributed by atoms with Gasteiger partial charge in [-0.3, -0.25) is 4.79 Å². The van der Waals surface area contributed by atoms with Gasteiger partial charge in [0.1, 0.15) is 0 Å². The Hall–Kier alpha value is -0.390. The number of hydrogen-bond acceptors (Lipinski definition) is 2. The molecule has 2 rings (SSSR count). The van der Waals surface area contributed by atoms with E-state index in [9.17, 15) is 4.79 Å². The van der Waals surface area contributed by atoms with Crippen LogP contribution in [0.3, 0.4) is 0 Å². The lowest BCUT2D eigenvalue weighted by Crippen LogP contribution is -2.37. The van der Waals surface area contributed by atoms with Gasteiger partial charge in [0, 0.05) is 27.6 Å². The minimum absolute atomic E-state index is 0.0148. The fraction of sp³-hybridized carbons (Fsp3) is 0.500. The predicted molar refractivity (Wildman–Crippen MR) is 84.5 cm³/mol. The summed E-state index contributed by atoms with van der Waals surface area (Å²) in [5.41, 5.74) is 0.680. The number of benzene rings is 1. The van der Waals surface area contributed by atoms with Crippen molar-refractivity contribution in [1.29, 1.82) is 0 Å². The molecule has 0 bridgehead atoms. The Balaban J connectivity index is 1.80. The summed E-state index contributed by atoms with van der Waals surface area (Å²) < 4.78 is 1.81. The topological polar surface area (TPSA) is 32.3 Å². The van der Waals surface area contributed by atoms with Gasteiger partial charge >= 0.3 is 0 Å². The van der Waals surface area contributed by atoms with Crippen molar-refractivity contribution in [3.8, 4) is 0 Å². The monoisotopic (exact) mass is 388 g/mol. The van der Waals surface area contributed by atoms with E-state index in [1.807, 2.05) is 18.2 Å². The Kier molecular flexibility index (Phi) is 5.85. The maximum Gasteiger partial charge on any atom is 0.251 e. The maximum absolute atomic E-state index is 12.0. The first-order valence-electron chi connectivity index (χ1n) is 6.62. The first kappa shape index (κ1) is 15.0. The van der Waals surface area contributed by atoms with Crippen LogP contribution in [0.15, 0.2) is 27.1 Å². The van der Waals surface area contributed by atoms with Crippen LogP contribution in [0.25, 0.3) is 0 Å². The van der Waals surface area contributed by atoms with E-state index in [1.165, 1.54) is 19.3 Å². The highest BCUT2D eigenvalue weighted by Crippen LogP contribution is 2.20. The van der Waals surface area contributed by atoms with Crippen molar-refractivity contribution in [2.45, 2.75) is 19.3 Å². The standard InChI is InChI=1S/C14H18Br2N2O/c15-12-8-11(9-13(16)10-12)14(19)17-4-7-18-5-2-1-3-6-18/h8-10H,1-7H2,(H,17,19). The third-order valence-electron chi connectivity index (χ3n) is 3.29. The van der Waals surface area contributed by atoms with E-state index in [1.54, 1.807) is 0 Å². The minimum Gasteiger partial charge on any atom is -0.351 e. The van der Waals surface area contributed by atoms with Gasteiger partial charge in [-0.25, -0.2) is 0 Å². The number of amides is 1. The molecule has 1 aromatic rings. The Labute approximate surface area is 131 Å². The van der Waals surface area contributed by atoms with Crippen LogP contribution in [0.5, 0.6) is 0 Å². The van der Waals surface area contributed by atoms with Gasteiger partial charge in [0.25, 0.3) is 5.91 Å². The number of nitrogens with zero attached hydrogens (tertiary/aromatic N) is 1. The Morgan fingerprint density at radius 3 is 2.37 bits per heavy atom. The number of hydrogen-bond donors (Lipinski definition) is 1. The van der Waals surface area contributed by atoms with E-state index in [0.717, 1.165) is 28.6 Å². The molecule has 1 aliphatic rings. The van der Waals surface area contributed by atoms with E-state index in [0.29, 0.717) is 12.1 Å². The molecule has 1 saturated heterocycles. The van der Waals surface area contributed by atoms with Gasteiger partial charge < -0.3 is 10.2 Å². The molecule has 1 aliphatic heterocycles. The summed E-state index contributed by atoms with van der Waals surface area (Å²) in [4.78, 5) is 14.4. The number of piperidine rings is 1. The van der Waals surface area contributed by atoms with Crippen molar-refractivity contribution in [2.75, 3.05) is 26.2 Å². The highest BCUT2D eigenvalue weighted by molar-refractivity contribution is 9.11. The second-order valence-corrected chi connectivity index (χ2v) is 6.65. The number of likely N-dealkylation sites (tertiary alicyclic amines) is 1. The van der Waals surface area contributed by atoms with Gasteiger partial charge in [0.05, 0.1) is 0 Å². The Bertz CT molecular complexity index is 425. The molecule has 0 radical (unpaired) electrons. The minimum atomic E-state index is -0.0148. The van der Waals surface area contributed by atoms with E-state index in [-0.39, 0.29) is 5.91 Å².